The third kappa shape index (κ3) is 3.62. The Hall–Kier alpha value is -0.630. The van der Waals surface area contributed by atoms with Crippen LogP contribution in [0.2, 0.25) is 0 Å². The van der Waals surface area contributed by atoms with Crippen LogP contribution in [-0.2, 0) is 0 Å². The Morgan fingerprint density at radius 2 is 1.74 bits per heavy atom. The smallest absolute Gasteiger partial charge is 0.0889 e. The Balaban J connectivity index is 1.18. The second kappa shape index (κ2) is 8.46. The van der Waals surface area contributed by atoms with E-state index in [4.69, 9.17) is 0 Å². The molecule has 1 aromatic rings. The fourth-order valence-electron chi connectivity index (χ4n) is 10.6. The Labute approximate surface area is 214 Å². The highest BCUT2D eigenvalue weighted by Crippen LogP contribution is 2.72. The third-order valence-electron chi connectivity index (χ3n) is 12.1. The first-order valence-corrected chi connectivity index (χ1v) is 15.6. The van der Waals surface area contributed by atoms with E-state index in [2.05, 4.69) is 76.0 Å². The van der Waals surface area contributed by atoms with Crippen LogP contribution in [0.4, 0.5) is 5.69 Å². The van der Waals surface area contributed by atoms with Crippen LogP contribution in [0.1, 0.15) is 105 Å². The van der Waals surface area contributed by atoms with E-state index >= 15 is 0 Å². The molecule has 9 atom stereocenters. The fourth-order valence-corrected chi connectivity index (χ4v) is 12.2. The predicted octanol–water partition coefficient (Wildman–Crippen LogP) is 9.63. The number of thioether (sulfide) groups is 1. The van der Waals surface area contributed by atoms with E-state index in [0.717, 1.165) is 41.4 Å². The summed E-state index contributed by atoms with van der Waals surface area (Å²) in [5, 5.41) is 4.05. The number of hydrogen-bond acceptors (Lipinski definition) is 2. The molecule has 0 unspecified atom stereocenters. The molecule has 4 saturated carbocycles. The van der Waals surface area contributed by atoms with Crippen LogP contribution in [0.3, 0.4) is 0 Å². The minimum atomic E-state index is 0.266. The summed E-state index contributed by atoms with van der Waals surface area (Å²) in [5.41, 5.74) is 2.55. The summed E-state index contributed by atoms with van der Waals surface area (Å²) >= 11 is 2.17. The fraction of sp³-hybridized carbons (Fsp3) is 0.812. The lowest BCUT2D eigenvalue weighted by molar-refractivity contribution is -0.0903. The topological polar surface area (TPSA) is 12.0 Å². The quantitative estimate of drug-likeness (QED) is 0.451. The highest BCUT2D eigenvalue weighted by molar-refractivity contribution is 8.01. The lowest BCUT2D eigenvalue weighted by atomic mass is 9.47. The standard InChI is InChI=1S/C32H49NS/c1-21(2)9-8-10-22(3)25-15-16-26-24-14-13-23-19-32(33-28-11-6-7-12-29(28)34-32)20-31(23,5)27(24)17-18-30(25,26)4/h6-7,11-12,21-27,33H,8-10,13-20H2,1-5H3/t22-,23-,24+,25-,26-,27+,30+,31-,32-/m0/s1. The van der Waals surface area contributed by atoms with Crippen molar-refractivity contribution in [3.8, 4) is 0 Å². The number of fused-ring (bicyclic) bond motifs is 6. The maximum atomic E-state index is 4.05. The Bertz CT molecular complexity index is 883. The summed E-state index contributed by atoms with van der Waals surface area (Å²) < 4.78 is 0. The average Bonchev–Trinajstić information content (AvgIpc) is 3.41. The molecule has 4 fully saturated rings. The van der Waals surface area contributed by atoms with Gasteiger partial charge in [-0.05, 0) is 116 Å². The number of nitrogens with one attached hydrogen (secondary N) is 1. The average molecular weight is 480 g/mol. The van der Waals surface area contributed by atoms with Gasteiger partial charge in [0.2, 0.25) is 0 Å². The van der Waals surface area contributed by atoms with Crippen molar-refractivity contribution in [3.63, 3.8) is 0 Å². The van der Waals surface area contributed by atoms with Gasteiger partial charge in [0.25, 0.3) is 0 Å². The van der Waals surface area contributed by atoms with Crippen molar-refractivity contribution in [1.29, 1.82) is 0 Å². The number of hydrogen-bond donors (Lipinski definition) is 1. The van der Waals surface area contributed by atoms with E-state index in [1.54, 1.807) is 0 Å². The van der Waals surface area contributed by atoms with Gasteiger partial charge in [-0.2, -0.15) is 0 Å². The van der Waals surface area contributed by atoms with Crippen molar-refractivity contribution < 1.29 is 0 Å². The molecule has 0 amide bonds. The van der Waals surface area contributed by atoms with Crippen LogP contribution >= 0.6 is 11.8 Å². The normalized spacial score (nSPS) is 45.5. The highest BCUT2D eigenvalue weighted by atomic mass is 32.2. The number of anilines is 1. The van der Waals surface area contributed by atoms with Gasteiger partial charge in [0.1, 0.15) is 0 Å². The molecular formula is C32H49NS. The molecule has 34 heavy (non-hydrogen) atoms. The maximum absolute atomic E-state index is 4.05. The van der Waals surface area contributed by atoms with Crippen molar-refractivity contribution in [3.05, 3.63) is 24.3 Å². The molecule has 1 nitrogen and oxygen atoms in total. The molecule has 0 saturated heterocycles. The molecule has 4 aliphatic carbocycles. The summed E-state index contributed by atoms with van der Waals surface area (Å²) in [5.74, 6) is 6.64. The largest absolute Gasteiger partial charge is 0.369 e. The molecule has 0 aromatic heterocycles. The van der Waals surface area contributed by atoms with E-state index < -0.39 is 0 Å². The van der Waals surface area contributed by atoms with E-state index in [1.807, 2.05) is 0 Å². The molecule has 6 rings (SSSR count). The van der Waals surface area contributed by atoms with Crippen LogP contribution in [0, 0.1) is 52.3 Å². The zero-order valence-electron chi connectivity index (χ0n) is 22.5. The molecule has 0 radical (unpaired) electrons. The van der Waals surface area contributed by atoms with Gasteiger partial charge in [-0.3, -0.25) is 0 Å². The van der Waals surface area contributed by atoms with Crippen LogP contribution in [-0.4, -0.2) is 4.87 Å². The lowest BCUT2D eigenvalue weighted by Crippen LogP contribution is -2.51. The summed E-state index contributed by atoms with van der Waals surface area (Å²) in [6.07, 6.45) is 16.1. The first kappa shape index (κ1) is 23.7. The third-order valence-corrected chi connectivity index (χ3v) is 13.4. The first-order chi connectivity index (χ1) is 16.2. The van der Waals surface area contributed by atoms with Crippen LogP contribution in [0.5, 0.6) is 0 Å². The van der Waals surface area contributed by atoms with E-state index in [9.17, 15) is 0 Å². The van der Waals surface area contributed by atoms with Gasteiger partial charge in [-0.15, -0.1) is 0 Å². The molecule has 1 heterocycles. The molecule has 0 bridgehead atoms. The molecule has 2 heteroatoms. The predicted molar refractivity (Wildman–Crippen MR) is 147 cm³/mol. The molecular weight excluding hydrogens is 430 g/mol. The lowest BCUT2D eigenvalue weighted by Gasteiger charge is -2.58. The monoisotopic (exact) mass is 479 g/mol. The Kier molecular flexibility index (Phi) is 5.91. The Morgan fingerprint density at radius 1 is 0.941 bits per heavy atom. The molecule has 1 aromatic carbocycles. The van der Waals surface area contributed by atoms with Crippen LogP contribution in [0.25, 0.3) is 0 Å². The summed E-state index contributed by atoms with van der Waals surface area (Å²) in [7, 11) is 0. The van der Waals surface area contributed by atoms with Crippen LogP contribution in [0.15, 0.2) is 29.2 Å². The zero-order valence-corrected chi connectivity index (χ0v) is 23.4. The SMILES string of the molecule is CC(C)CCC[C@H](C)[C@@H]1CC[C@H]2[C@H]3CC[C@H]4C[C@]5(C[C@]4(C)[C@@H]3CC[C@@]21C)Nc1ccccc1S5. The second-order valence-electron chi connectivity index (χ2n) is 14.3. The Morgan fingerprint density at radius 3 is 2.53 bits per heavy atom. The minimum Gasteiger partial charge on any atom is -0.369 e. The first-order valence-electron chi connectivity index (χ1n) is 14.8. The number of benzene rings is 1. The maximum Gasteiger partial charge on any atom is 0.0889 e. The molecule has 1 aliphatic heterocycles. The van der Waals surface area contributed by atoms with Crippen LogP contribution < -0.4 is 5.32 Å². The molecule has 5 aliphatic rings. The van der Waals surface area contributed by atoms with Gasteiger partial charge in [0, 0.05) is 10.6 Å². The van der Waals surface area contributed by atoms with Gasteiger partial charge >= 0.3 is 0 Å². The number of para-hydroxylation sites is 1. The summed E-state index contributed by atoms with van der Waals surface area (Å²) in [6.45, 7) is 12.9. The van der Waals surface area contributed by atoms with Gasteiger partial charge < -0.3 is 5.32 Å². The molecule has 1 N–H and O–H groups in total. The summed E-state index contributed by atoms with van der Waals surface area (Å²) in [4.78, 5) is 1.75. The van der Waals surface area contributed by atoms with Crippen molar-refractivity contribution in [2.45, 2.75) is 115 Å². The second-order valence-corrected chi connectivity index (χ2v) is 15.7. The van der Waals surface area contributed by atoms with Gasteiger partial charge in [-0.1, -0.05) is 77.8 Å². The highest BCUT2D eigenvalue weighted by Gasteiger charge is 2.64. The van der Waals surface area contributed by atoms with Crippen molar-refractivity contribution in [2.75, 3.05) is 5.32 Å². The minimum absolute atomic E-state index is 0.266. The van der Waals surface area contributed by atoms with Gasteiger partial charge in [0.15, 0.2) is 0 Å². The van der Waals surface area contributed by atoms with E-state index in [1.165, 1.54) is 81.2 Å². The number of rotatable bonds is 5. The zero-order chi connectivity index (χ0) is 23.7. The van der Waals surface area contributed by atoms with Gasteiger partial charge in [-0.25, -0.2) is 0 Å². The summed E-state index contributed by atoms with van der Waals surface area (Å²) in [6, 6.07) is 9.06. The van der Waals surface area contributed by atoms with E-state index in [0.29, 0.717) is 10.8 Å². The van der Waals surface area contributed by atoms with Crippen molar-refractivity contribution >= 4 is 17.4 Å². The molecule has 188 valence electrons. The molecule has 1 spiro atoms. The van der Waals surface area contributed by atoms with Crippen molar-refractivity contribution in [2.24, 2.45) is 52.3 Å². The van der Waals surface area contributed by atoms with E-state index in [-0.39, 0.29) is 4.87 Å². The van der Waals surface area contributed by atoms with Gasteiger partial charge in [0.05, 0.1) is 4.87 Å². The van der Waals surface area contributed by atoms with Crippen molar-refractivity contribution in [1.82, 2.24) is 0 Å².